The summed E-state index contributed by atoms with van der Waals surface area (Å²) >= 11 is 15.1. The number of hydrogen-bond donors (Lipinski definition) is 1. The van der Waals surface area contributed by atoms with Gasteiger partial charge in [0.05, 0.1) is 6.20 Å². The van der Waals surface area contributed by atoms with E-state index in [4.69, 9.17) is 33.7 Å². The van der Waals surface area contributed by atoms with Crippen molar-refractivity contribution in [1.82, 2.24) is 15.0 Å². The molecule has 0 atom stereocenters. The number of ether oxygens (including phenoxy) is 1. The Morgan fingerprint density at radius 3 is 2.80 bits per heavy atom. The summed E-state index contributed by atoms with van der Waals surface area (Å²) < 4.78 is 5.33. The smallest absolute Gasteiger partial charge is 0.390 e. The van der Waals surface area contributed by atoms with Gasteiger partial charge >= 0.3 is 6.09 Å². The molecule has 2 heterocycles. The molecule has 0 radical (unpaired) electrons. The van der Waals surface area contributed by atoms with Crippen LogP contribution in [0.3, 0.4) is 0 Å². The molecule has 2 aromatic heterocycles. The molecule has 2 N–H and O–H groups in total. The molecule has 10 heteroatoms. The fraction of sp³-hybridized carbons (Fsp3) is 0. The van der Waals surface area contributed by atoms with Crippen LogP contribution in [0.1, 0.15) is 0 Å². The van der Waals surface area contributed by atoms with Crippen molar-refractivity contribution in [2.24, 2.45) is 5.73 Å². The number of pyridine rings is 1. The van der Waals surface area contributed by atoms with Gasteiger partial charge in [-0.15, -0.1) is 0 Å². The van der Waals surface area contributed by atoms with Gasteiger partial charge in [-0.3, -0.25) is 0 Å². The van der Waals surface area contributed by atoms with Crippen LogP contribution >= 0.6 is 57.6 Å². The second kappa shape index (κ2) is 6.74. The van der Waals surface area contributed by atoms with E-state index in [0.717, 1.165) is 0 Å². The van der Waals surface area contributed by atoms with Gasteiger partial charge in [-0.25, -0.2) is 19.7 Å². The van der Waals surface area contributed by atoms with E-state index in [-0.39, 0.29) is 10.9 Å². The number of primary amides is 1. The Kier molecular flexibility index (Phi) is 5.24. The minimum absolute atomic E-state index is 0.0545. The summed E-state index contributed by atoms with van der Waals surface area (Å²) in [5, 5.41) is 1.09. The second-order valence-corrected chi connectivity index (χ2v) is 6.06. The summed E-state index contributed by atoms with van der Waals surface area (Å²) in [6, 6.07) is 1.66. The van der Waals surface area contributed by atoms with Gasteiger partial charge in [-0.2, -0.15) is 0 Å². The van der Waals surface area contributed by atoms with Crippen LogP contribution in [0.2, 0.25) is 10.2 Å². The molecule has 0 aliphatic heterocycles. The molecular weight excluding hydrogens is 438 g/mol. The fourth-order valence-electron chi connectivity index (χ4n) is 1.16. The molecule has 0 aliphatic carbocycles. The van der Waals surface area contributed by atoms with Crippen molar-refractivity contribution in [1.29, 1.82) is 0 Å². The summed E-state index contributed by atoms with van der Waals surface area (Å²) in [6.45, 7) is 0. The molecule has 1 amide bonds. The third-order valence-corrected chi connectivity index (χ3v) is 4.73. The molecule has 0 spiro atoms. The van der Waals surface area contributed by atoms with Crippen LogP contribution in [0, 0.1) is 3.70 Å². The van der Waals surface area contributed by atoms with Gasteiger partial charge in [0.2, 0.25) is 5.88 Å². The Labute approximate surface area is 141 Å². The quantitative estimate of drug-likeness (QED) is 0.732. The second-order valence-electron chi connectivity index (χ2n) is 3.24. The lowest BCUT2D eigenvalue weighted by Gasteiger charge is -2.07. The number of amides is 1. The first-order valence-corrected chi connectivity index (χ1v) is 7.60. The number of carbonyl (C=O) groups excluding carboxylic acids is 1. The molecule has 0 aliphatic rings. The maximum Gasteiger partial charge on any atom is 0.411 e. The Bertz CT molecular complexity index is 674. The Morgan fingerprint density at radius 2 is 2.15 bits per heavy atom. The van der Waals surface area contributed by atoms with E-state index < -0.39 is 6.09 Å². The molecule has 2 aromatic rings. The third-order valence-electron chi connectivity index (χ3n) is 1.90. The van der Waals surface area contributed by atoms with Crippen molar-refractivity contribution in [3.05, 3.63) is 32.3 Å². The van der Waals surface area contributed by atoms with Gasteiger partial charge in [0, 0.05) is 11.1 Å². The largest absolute Gasteiger partial charge is 0.411 e. The maximum absolute atomic E-state index is 10.7. The monoisotopic (exact) mass is 442 g/mol. The Morgan fingerprint density at radius 1 is 1.40 bits per heavy atom. The van der Waals surface area contributed by atoms with Crippen molar-refractivity contribution >= 4 is 63.6 Å². The SMILES string of the molecule is NC(=O)Oc1nccc(Sc2ncc(Cl)nc2I)c1Cl. The first-order valence-electron chi connectivity index (χ1n) is 4.95. The molecule has 0 saturated carbocycles. The van der Waals surface area contributed by atoms with Gasteiger partial charge in [0.25, 0.3) is 0 Å². The van der Waals surface area contributed by atoms with Gasteiger partial charge in [-0.05, 0) is 28.7 Å². The lowest BCUT2D eigenvalue weighted by molar-refractivity contribution is 0.209. The molecule has 2 rings (SSSR count). The van der Waals surface area contributed by atoms with Crippen molar-refractivity contribution < 1.29 is 9.53 Å². The average Bonchev–Trinajstić information content (AvgIpc) is 2.36. The van der Waals surface area contributed by atoms with E-state index in [1.165, 1.54) is 24.2 Å². The molecule has 0 bridgehead atoms. The predicted molar refractivity (Wildman–Crippen MR) is 83.3 cm³/mol. The maximum atomic E-state index is 10.7. The molecule has 0 unspecified atom stereocenters. The highest BCUT2D eigenvalue weighted by molar-refractivity contribution is 14.1. The van der Waals surface area contributed by atoms with Crippen LogP contribution in [-0.2, 0) is 0 Å². The van der Waals surface area contributed by atoms with E-state index in [2.05, 4.69) is 15.0 Å². The minimum atomic E-state index is -0.984. The van der Waals surface area contributed by atoms with Gasteiger partial charge in [-0.1, -0.05) is 35.0 Å². The molecule has 0 saturated heterocycles. The summed E-state index contributed by atoms with van der Waals surface area (Å²) in [6.07, 6.45) is 1.90. The van der Waals surface area contributed by atoms with Gasteiger partial charge in [0.1, 0.15) is 18.9 Å². The zero-order chi connectivity index (χ0) is 14.7. The Hall–Kier alpha value is -0.840. The summed E-state index contributed by atoms with van der Waals surface area (Å²) in [5.74, 6) is -0.0545. The molecule has 104 valence electrons. The highest BCUT2D eigenvalue weighted by atomic mass is 127. The van der Waals surface area contributed by atoms with Gasteiger partial charge in [0.15, 0.2) is 0 Å². The summed E-state index contributed by atoms with van der Waals surface area (Å²) in [7, 11) is 0. The van der Waals surface area contributed by atoms with Crippen LogP contribution in [0.5, 0.6) is 5.88 Å². The van der Waals surface area contributed by atoms with Crippen LogP contribution in [0.4, 0.5) is 4.79 Å². The van der Waals surface area contributed by atoms with E-state index in [9.17, 15) is 4.79 Å². The van der Waals surface area contributed by atoms with Crippen molar-refractivity contribution in [3.63, 3.8) is 0 Å². The zero-order valence-electron chi connectivity index (χ0n) is 9.51. The summed E-state index contributed by atoms with van der Waals surface area (Å²) in [4.78, 5) is 23.4. The van der Waals surface area contributed by atoms with E-state index >= 15 is 0 Å². The highest BCUT2D eigenvalue weighted by Gasteiger charge is 2.14. The van der Waals surface area contributed by atoms with E-state index in [1.54, 1.807) is 6.07 Å². The predicted octanol–water partition coefficient (Wildman–Crippen LogP) is 3.39. The number of aromatic nitrogens is 3. The van der Waals surface area contributed by atoms with Crippen LogP contribution in [0.15, 0.2) is 28.4 Å². The number of nitrogens with zero attached hydrogens (tertiary/aromatic N) is 3. The number of nitrogens with two attached hydrogens (primary N) is 1. The lowest BCUT2D eigenvalue weighted by Crippen LogP contribution is -2.17. The summed E-state index contributed by atoms with van der Waals surface area (Å²) in [5.41, 5.74) is 4.93. The highest BCUT2D eigenvalue weighted by Crippen LogP contribution is 2.37. The molecule has 6 nitrogen and oxygen atoms in total. The number of halogens is 3. The standard InChI is InChI=1S/C10H5Cl2IN4O2S/c11-5-3-16-9(7(13)17-5)20-4-1-2-15-8(6(4)12)19-10(14)18/h1-3H,(H2,14,18). The molecule has 0 aromatic carbocycles. The molecule has 20 heavy (non-hydrogen) atoms. The van der Waals surface area contributed by atoms with Crippen molar-refractivity contribution in [2.75, 3.05) is 0 Å². The van der Waals surface area contributed by atoms with Crippen LogP contribution < -0.4 is 10.5 Å². The van der Waals surface area contributed by atoms with Crippen LogP contribution in [0.25, 0.3) is 0 Å². The average molecular weight is 443 g/mol. The van der Waals surface area contributed by atoms with E-state index in [0.29, 0.717) is 18.8 Å². The molecule has 0 fully saturated rings. The molecular formula is C10H5Cl2IN4O2S. The van der Waals surface area contributed by atoms with Gasteiger partial charge < -0.3 is 10.5 Å². The van der Waals surface area contributed by atoms with E-state index in [1.807, 2.05) is 22.6 Å². The topological polar surface area (TPSA) is 91.0 Å². The zero-order valence-corrected chi connectivity index (χ0v) is 14.0. The van der Waals surface area contributed by atoms with Crippen LogP contribution in [-0.4, -0.2) is 21.0 Å². The lowest BCUT2D eigenvalue weighted by atomic mass is 10.5. The number of carbonyl (C=O) groups is 1. The van der Waals surface area contributed by atoms with Crippen molar-refractivity contribution in [3.8, 4) is 5.88 Å². The Balaban J connectivity index is 2.31. The third kappa shape index (κ3) is 3.84. The fourth-order valence-corrected chi connectivity index (χ4v) is 3.18. The normalized spacial score (nSPS) is 10.3. The number of hydrogen-bond acceptors (Lipinski definition) is 6. The first kappa shape index (κ1) is 15.5. The first-order chi connectivity index (χ1) is 9.47. The minimum Gasteiger partial charge on any atom is -0.390 e. The number of rotatable bonds is 3. The van der Waals surface area contributed by atoms with Crippen molar-refractivity contribution in [2.45, 2.75) is 9.92 Å².